The third-order valence-electron chi connectivity index (χ3n) is 6.26. The van der Waals surface area contributed by atoms with E-state index in [1.54, 1.807) is 5.56 Å². The second-order valence-electron chi connectivity index (χ2n) is 7.92. The van der Waals surface area contributed by atoms with Gasteiger partial charge in [0.15, 0.2) is 0 Å². The van der Waals surface area contributed by atoms with E-state index in [0.29, 0.717) is 12.1 Å². The molecule has 0 unspecified atom stereocenters. The highest BCUT2D eigenvalue weighted by Crippen LogP contribution is 2.47. The molecule has 2 aromatic heterocycles. The smallest absolute Gasteiger partial charge is 0.0529 e. The molecule has 4 heterocycles. The van der Waals surface area contributed by atoms with E-state index in [1.807, 2.05) is 13.1 Å². The Labute approximate surface area is 155 Å². The Morgan fingerprint density at radius 2 is 2.00 bits per heavy atom. The average Bonchev–Trinajstić information content (AvgIpc) is 3.04. The molecule has 1 saturated heterocycles. The number of fused-ring (bicyclic) bond motifs is 6. The molecular formula is C23H25N3. The van der Waals surface area contributed by atoms with Gasteiger partial charge in [0.25, 0.3) is 0 Å². The number of benzene rings is 1. The fourth-order valence-electron chi connectivity index (χ4n) is 4.82. The summed E-state index contributed by atoms with van der Waals surface area (Å²) < 4.78 is 2.43. The van der Waals surface area contributed by atoms with Crippen molar-refractivity contribution in [3.63, 3.8) is 0 Å². The Kier molecular flexibility index (Phi) is 3.54. The largest absolute Gasteiger partial charge is 0.320 e. The molecule has 26 heavy (non-hydrogen) atoms. The van der Waals surface area contributed by atoms with Gasteiger partial charge in [0.05, 0.1) is 5.52 Å². The Morgan fingerprint density at radius 3 is 2.81 bits per heavy atom. The van der Waals surface area contributed by atoms with Gasteiger partial charge >= 0.3 is 0 Å². The normalized spacial score (nSPS) is 22.4. The number of pyridine rings is 1. The third-order valence-corrected chi connectivity index (χ3v) is 6.26. The minimum Gasteiger partial charge on any atom is -0.320 e. The quantitative estimate of drug-likeness (QED) is 0.655. The summed E-state index contributed by atoms with van der Waals surface area (Å²) in [6.45, 7) is 4.22. The van der Waals surface area contributed by atoms with Gasteiger partial charge < -0.3 is 4.57 Å². The van der Waals surface area contributed by atoms with E-state index in [-0.39, 0.29) is 0 Å². The van der Waals surface area contributed by atoms with Gasteiger partial charge in [0.2, 0.25) is 0 Å². The van der Waals surface area contributed by atoms with Crippen LogP contribution in [0.3, 0.4) is 0 Å². The van der Waals surface area contributed by atoms with Crippen molar-refractivity contribution in [2.45, 2.75) is 45.2 Å². The van der Waals surface area contributed by atoms with Gasteiger partial charge in [-0.1, -0.05) is 17.7 Å². The Morgan fingerprint density at radius 1 is 1.12 bits per heavy atom. The summed E-state index contributed by atoms with van der Waals surface area (Å²) in [7, 11) is 2.30. The first-order chi connectivity index (χ1) is 12.6. The number of aromatic nitrogens is 2. The molecule has 2 aliphatic heterocycles. The second kappa shape index (κ2) is 5.82. The predicted molar refractivity (Wildman–Crippen MR) is 108 cm³/mol. The van der Waals surface area contributed by atoms with Gasteiger partial charge in [0, 0.05) is 47.7 Å². The molecule has 2 aliphatic rings. The lowest BCUT2D eigenvalue weighted by molar-refractivity contribution is 0.223. The topological polar surface area (TPSA) is 21.1 Å². The number of hydrogen-bond donors (Lipinski definition) is 0. The maximum absolute atomic E-state index is 4.42. The van der Waals surface area contributed by atoms with E-state index in [1.165, 1.54) is 35.0 Å². The van der Waals surface area contributed by atoms with Crippen LogP contribution in [0.2, 0.25) is 0 Å². The van der Waals surface area contributed by atoms with Crippen LogP contribution in [0.5, 0.6) is 0 Å². The molecule has 5 rings (SSSR count). The van der Waals surface area contributed by atoms with E-state index < -0.39 is 0 Å². The van der Waals surface area contributed by atoms with Gasteiger partial charge in [-0.3, -0.25) is 9.88 Å². The second-order valence-corrected chi connectivity index (χ2v) is 7.92. The van der Waals surface area contributed by atoms with Gasteiger partial charge in [-0.25, -0.2) is 0 Å². The summed E-state index contributed by atoms with van der Waals surface area (Å²) in [5.41, 5.74) is 7.94. The van der Waals surface area contributed by atoms with E-state index in [2.05, 4.69) is 71.0 Å². The van der Waals surface area contributed by atoms with Crippen LogP contribution in [0.15, 0.2) is 36.5 Å². The first-order valence-electron chi connectivity index (χ1n) is 9.58. The van der Waals surface area contributed by atoms with Crippen LogP contribution in [0.4, 0.5) is 0 Å². The molecule has 2 bridgehead atoms. The summed E-state index contributed by atoms with van der Waals surface area (Å²) in [6, 6.07) is 12.4. The average molecular weight is 343 g/mol. The molecule has 3 nitrogen and oxygen atoms in total. The van der Waals surface area contributed by atoms with Crippen molar-refractivity contribution in [2.75, 3.05) is 7.05 Å². The van der Waals surface area contributed by atoms with Crippen LogP contribution >= 0.6 is 0 Å². The van der Waals surface area contributed by atoms with E-state index in [4.69, 9.17) is 0 Å². The maximum Gasteiger partial charge on any atom is 0.0529 e. The number of hydrogen-bond acceptors (Lipinski definition) is 2. The molecule has 0 saturated carbocycles. The highest BCUT2D eigenvalue weighted by molar-refractivity contribution is 5.90. The van der Waals surface area contributed by atoms with Crippen molar-refractivity contribution >= 4 is 23.2 Å². The van der Waals surface area contributed by atoms with Crippen LogP contribution in [0, 0.1) is 13.8 Å². The highest BCUT2D eigenvalue weighted by atomic mass is 15.2. The summed E-state index contributed by atoms with van der Waals surface area (Å²) in [5.74, 6) is 0. The molecule has 1 fully saturated rings. The van der Waals surface area contributed by atoms with Gasteiger partial charge in [0.1, 0.15) is 0 Å². The van der Waals surface area contributed by atoms with Gasteiger partial charge in [-0.15, -0.1) is 0 Å². The molecule has 3 aromatic rings. The number of aryl methyl sites for hydroxylation is 2. The Balaban J connectivity index is 1.68. The number of rotatable bonds is 2. The molecule has 0 N–H and O–H groups in total. The zero-order valence-corrected chi connectivity index (χ0v) is 15.7. The zero-order valence-electron chi connectivity index (χ0n) is 15.7. The zero-order chi connectivity index (χ0) is 17.8. The molecule has 0 amide bonds. The van der Waals surface area contributed by atoms with E-state index >= 15 is 0 Å². The third kappa shape index (κ3) is 2.34. The standard InChI is InChI=1S/C23H25N3/c1-15-4-8-20-19(12-15)23-21-9-7-18(25(21)3)13-22(23)26(20)11-10-17-6-5-16(2)24-14-17/h4-6,8,10-12,14,18,21H,7,9,13H2,1-3H3/b11-10+/t18-,21+/m0/s1. The fourth-order valence-corrected chi connectivity index (χ4v) is 4.82. The molecule has 0 radical (unpaired) electrons. The molecular weight excluding hydrogens is 318 g/mol. The first-order valence-corrected chi connectivity index (χ1v) is 9.58. The van der Waals surface area contributed by atoms with Crippen LogP contribution in [0.25, 0.3) is 23.2 Å². The lowest BCUT2D eigenvalue weighted by Crippen LogP contribution is -2.34. The molecule has 0 aliphatic carbocycles. The fraction of sp³-hybridized carbons (Fsp3) is 0.348. The highest BCUT2D eigenvalue weighted by Gasteiger charge is 2.40. The van der Waals surface area contributed by atoms with Crippen LogP contribution in [-0.2, 0) is 6.42 Å². The van der Waals surface area contributed by atoms with Crippen molar-refractivity contribution in [1.82, 2.24) is 14.5 Å². The van der Waals surface area contributed by atoms with Crippen molar-refractivity contribution in [3.8, 4) is 0 Å². The maximum atomic E-state index is 4.42. The molecule has 132 valence electrons. The predicted octanol–water partition coefficient (Wildman–Crippen LogP) is 4.97. The van der Waals surface area contributed by atoms with Crippen LogP contribution in [-0.4, -0.2) is 27.5 Å². The van der Waals surface area contributed by atoms with Crippen LogP contribution < -0.4 is 0 Å². The summed E-state index contributed by atoms with van der Waals surface area (Å²) in [6.07, 6.45) is 10.1. The minimum atomic E-state index is 0.573. The Bertz CT molecular complexity index is 1010. The van der Waals surface area contributed by atoms with Crippen molar-refractivity contribution < 1.29 is 0 Å². The van der Waals surface area contributed by atoms with Crippen molar-refractivity contribution in [3.05, 3.63) is 64.6 Å². The summed E-state index contributed by atoms with van der Waals surface area (Å²) in [5, 5.41) is 1.43. The molecule has 0 spiro atoms. The van der Waals surface area contributed by atoms with Crippen molar-refractivity contribution in [2.24, 2.45) is 0 Å². The van der Waals surface area contributed by atoms with E-state index in [9.17, 15) is 0 Å². The first kappa shape index (κ1) is 15.8. The lowest BCUT2D eigenvalue weighted by Gasteiger charge is -2.32. The Hall–Kier alpha value is -2.39. The summed E-state index contributed by atoms with van der Waals surface area (Å²) >= 11 is 0. The van der Waals surface area contributed by atoms with E-state index in [0.717, 1.165) is 17.7 Å². The van der Waals surface area contributed by atoms with Gasteiger partial charge in [-0.05, 0) is 69.1 Å². The summed E-state index contributed by atoms with van der Waals surface area (Å²) in [4.78, 5) is 7.02. The lowest BCUT2D eigenvalue weighted by atomic mass is 9.97. The molecule has 3 heteroatoms. The SMILES string of the molecule is Cc1ccc2c(c1)c1c(n2/C=C/c2ccc(C)nc2)C[C@@H]2CC[C@H]1N2C. The number of nitrogens with zero attached hydrogens (tertiary/aromatic N) is 3. The monoisotopic (exact) mass is 343 g/mol. The number of likely N-dealkylation sites (N-methyl/N-ethyl adjacent to an activating group) is 1. The molecule has 2 atom stereocenters. The van der Waals surface area contributed by atoms with Crippen molar-refractivity contribution in [1.29, 1.82) is 0 Å². The van der Waals surface area contributed by atoms with Crippen LogP contribution in [0.1, 0.15) is 47.0 Å². The minimum absolute atomic E-state index is 0.573. The van der Waals surface area contributed by atoms with Gasteiger partial charge in [-0.2, -0.15) is 0 Å². The molecule has 1 aromatic carbocycles.